The van der Waals surface area contributed by atoms with Gasteiger partial charge in [-0.15, -0.1) is 0 Å². The summed E-state index contributed by atoms with van der Waals surface area (Å²) in [5.41, 5.74) is 0.252. The summed E-state index contributed by atoms with van der Waals surface area (Å²) in [5.74, 6) is 0.603. The molecule has 1 unspecified atom stereocenters. The SMILES string of the molecule is CCOC(=O)C1OC12CCC(C(C)(C)CC)CC2. The van der Waals surface area contributed by atoms with Crippen molar-refractivity contribution >= 4 is 5.97 Å². The molecule has 0 amide bonds. The van der Waals surface area contributed by atoms with Gasteiger partial charge >= 0.3 is 5.97 Å². The summed E-state index contributed by atoms with van der Waals surface area (Å²) in [4.78, 5) is 11.7. The summed E-state index contributed by atoms with van der Waals surface area (Å²) in [6.45, 7) is 9.26. The molecule has 2 aliphatic rings. The summed E-state index contributed by atoms with van der Waals surface area (Å²) < 4.78 is 10.7. The Labute approximate surface area is 110 Å². The molecule has 0 aromatic rings. The van der Waals surface area contributed by atoms with Crippen LogP contribution in [0, 0.1) is 11.3 Å². The minimum atomic E-state index is -0.275. The van der Waals surface area contributed by atoms with E-state index in [1.54, 1.807) is 0 Å². The van der Waals surface area contributed by atoms with E-state index in [0.29, 0.717) is 12.0 Å². The van der Waals surface area contributed by atoms with Crippen LogP contribution in [0.2, 0.25) is 0 Å². The molecule has 1 spiro atoms. The third-order valence-corrected chi connectivity index (χ3v) is 5.12. The highest BCUT2D eigenvalue weighted by Gasteiger charge is 2.62. The number of carbonyl (C=O) groups is 1. The maximum atomic E-state index is 11.7. The normalized spacial score (nSPS) is 35.6. The van der Waals surface area contributed by atoms with Gasteiger partial charge in [-0.3, -0.25) is 0 Å². The zero-order valence-corrected chi connectivity index (χ0v) is 12.1. The topological polar surface area (TPSA) is 38.8 Å². The largest absolute Gasteiger partial charge is 0.464 e. The fourth-order valence-corrected chi connectivity index (χ4v) is 3.24. The van der Waals surface area contributed by atoms with Crippen LogP contribution in [0.4, 0.5) is 0 Å². The van der Waals surface area contributed by atoms with Crippen LogP contribution in [0.15, 0.2) is 0 Å². The molecular weight excluding hydrogens is 228 g/mol. The lowest BCUT2D eigenvalue weighted by Gasteiger charge is -2.38. The van der Waals surface area contributed by atoms with Crippen molar-refractivity contribution < 1.29 is 14.3 Å². The standard InChI is InChI=1S/C15H26O3/c1-5-14(3,4)11-7-9-15(10-8-11)12(18-15)13(16)17-6-2/h11-12H,5-10H2,1-4H3. The molecule has 0 N–H and O–H groups in total. The lowest BCUT2D eigenvalue weighted by atomic mass is 9.67. The molecule has 1 saturated heterocycles. The number of carbonyl (C=O) groups excluding carboxylic acids is 1. The molecule has 0 radical (unpaired) electrons. The lowest BCUT2D eigenvalue weighted by molar-refractivity contribution is -0.144. The van der Waals surface area contributed by atoms with Gasteiger partial charge in [-0.2, -0.15) is 0 Å². The number of esters is 1. The van der Waals surface area contributed by atoms with E-state index in [1.165, 1.54) is 19.3 Å². The van der Waals surface area contributed by atoms with E-state index in [2.05, 4.69) is 20.8 Å². The van der Waals surface area contributed by atoms with Gasteiger partial charge in [-0.1, -0.05) is 27.2 Å². The Balaban J connectivity index is 1.87. The Morgan fingerprint density at radius 2 is 1.94 bits per heavy atom. The number of epoxide rings is 1. The molecule has 1 aliphatic carbocycles. The van der Waals surface area contributed by atoms with Gasteiger partial charge in [0.25, 0.3) is 0 Å². The van der Waals surface area contributed by atoms with Crippen molar-refractivity contribution in [3.05, 3.63) is 0 Å². The summed E-state index contributed by atoms with van der Waals surface area (Å²) in [6, 6.07) is 0. The van der Waals surface area contributed by atoms with E-state index < -0.39 is 0 Å². The molecule has 3 heteroatoms. The van der Waals surface area contributed by atoms with Crippen LogP contribution in [0.1, 0.15) is 59.8 Å². The second kappa shape index (κ2) is 4.84. The Kier molecular flexibility index (Phi) is 3.72. The summed E-state index contributed by atoms with van der Waals surface area (Å²) in [7, 11) is 0. The van der Waals surface area contributed by atoms with Crippen LogP contribution in [0.25, 0.3) is 0 Å². The minimum absolute atomic E-state index is 0.160. The van der Waals surface area contributed by atoms with Crippen LogP contribution < -0.4 is 0 Å². The molecule has 3 nitrogen and oxygen atoms in total. The zero-order valence-electron chi connectivity index (χ0n) is 12.1. The van der Waals surface area contributed by atoms with Crippen molar-refractivity contribution in [2.75, 3.05) is 6.61 Å². The number of rotatable bonds is 4. The Bertz CT molecular complexity index is 314. The van der Waals surface area contributed by atoms with Gasteiger partial charge in [0, 0.05) is 0 Å². The molecule has 1 saturated carbocycles. The first kappa shape index (κ1) is 13.9. The first-order chi connectivity index (χ1) is 8.45. The van der Waals surface area contributed by atoms with Crippen LogP contribution in [-0.2, 0) is 14.3 Å². The Morgan fingerprint density at radius 1 is 1.33 bits per heavy atom. The van der Waals surface area contributed by atoms with Gasteiger partial charge in [0.15, 0.2) is 6.10 Å². The van der Waals surface area contributed by atoms with E-state index in [-0.39, 0.29) is 17.7 Å². The number of hydrogen-bond acceptors (Lipinski definition) is 3. The average Bonchev–Trinajstić information content (AvgIpc) is 3.04. The molecule has 2 fully saturated rings. The highest BCUT2D eigenvalue weighted by Crippen LogP contribution is 2.53. The van der Waals surface area contributed by atoms with Crippen LogP contribution >= 0.6 is 0 Å². The molecule has 104 valence electrons. The highest BCUT2D eigenvalue weighted by atomic mass is 16.7. The molecule has 1 heterocycles. The fraction of sp³-hybridized carbons (Fsp3) is 0.933. The zero-order chi connectivity index (χ0) is 13.4. The molecule has 0 aromatic heterocycles. The van der Waals surface area contributed by atoms with Crippen molar-refractivity contribution in [2.24, 2.45) is 11.3 Å². The van der Waals surface area contributed by atoms with Crippen molar-refractivity contribution in [1.82, 2.24) is 0 Å². The van der Waals surface area contributed by atoms with Gasteiger partial charge in [0.1, 0.15) is 5.60 Å². The van der Waals surface area contributed by atoms with Crippen LogP contribution in [0.5, 0.6) is 0 Å². The van der Waals surface area contributed by atoms with Crippen molar-refractivity contribution in [3.8, 4) is 0 Å². The van der Waals surface area contributed by atoms with Crippen LogP contribution in [0.3, 0.4) is 0 Å². The third-order valence-electron chi connectivity index (χ3n) is 5.12. The maximum absolute atomic E-state index is 11.7. The van der Waals surface area contributed by atoms with Crippen molar-refractivity contribution in [3.63, 3.8) is 0 Å². The molecule has 1 aliphatic heterocycles. The maximum Gasteiger partial charge on any atom is 0.338 e. The van der Waals surface area contributed by atoms with Gasteiger partial charge < -0.3 is 9.47 Å². The highest BCUT2D eigenvalue weighted by molar-refractivity contribution is 5.79. The molecule has 18 heavy (non-hydrogen) atoms. The summed E-state index contributed by atoms with van der Waals surface area (Å²) in [5, 5.41) is 0. The molecule has 1 atom stereocenters. The molecule has 2 rings (SSSR count). The quantitative estimate of drug-likeness (QED) is 0.570. The predicted molar refractivity (Wildman–Crippen MR) is 70.3 cm³/mol. The first-order valence-electron chi connectivity index (χ1n) is 7.29. The van der Waals surface area contributed by atoms with Gasteiger partial charge in [-0.25, -0.2) is 4.79 Å². The summed E-state index contributed by atoms with van der Waals surface area (Å²) >= 11 is 0. The van der Waals surface area contributed by atoms with Crippen molar-refractivity contribution in [2.45, 2.75) is 71.5 Å². The fourth-order valence-electron chi connectivity index (χ4n) is 3.24. The second-order valence-corrected chi connectivity index (χ2v) is 6.43. The van der Waals surface area contributed by atoms with Crippen molar-refractivity contribution in [1.29, 1.82) is 0 Å². The third kappa shape index (κ3) is 2.42. The first-order valence-corrected chi connectivity index (χ1v) is 7.29. The minimum Gasteiger partial charge on any atom is -0.464 e. The predicted octanol–water partition coefficient (Wildman–Crippen LogP) is 3.31. The number of ether oxygens (including phenoxy) is 2. The number of hydrogen-bond donors (Lipinski definition) is 0. The van der Waals surface area contributed by atoms with Crippen LogP contribution in [-0.4, -0.2) is 24.3 Å². The smallest absolute Gasteiger partial charge is 0.338 e. The second-order valence-electron chi connectivity index (χ2n) is 6.43. The van der Waals surface area contributed by atoms with E-state index in [4.69, 9.17) is 9.47 Å². The van der Waals surface area contributed by atoms with Gasteiger partial charge in [0.2, 0.25) is 0 Å². The monoisotopic (exact) mass is 254 g/mol. The lowest BCUT2D eigenvalue weighted by Crippen LogP contribution is -2.33. The average molecular weight is 254 g/mol. The Morgan fingerprint density at radius 3 is 2.44 bits per heavy atom. The van der Waals surface area contributed by atoms with Gasteiger partial charge in [0.05, 0.1) is 6.61 Å². The van der Waals surface area contributed by atoms with E-state index in [1.807, 2.05) is 6.92 Å². The molecule has 0 bridgehead atoms. The van der Waals surface area contributed by atoms with E-state index in [9.17, 15) is 4.79 Å². The van der Waals surface area contributed by atoms with Gasteiger partial charge in [-0.05, 0) is 43.9 Å². The Hall–Kier alpha value is -0.570. The molecule has 0 aromatic carbocycles. The summed E-state index contributed by atoms with van der Waals surface area (Å²) in [6.07, 6.45) is 5.33. The molecular formula is C15H26O3. The van der Waals surface area contributed by atoms with E-state index in [0.717, 1.165) is 18.8 Å². The van der Waals surface area contributed by atoms with E-state index >= 15 is 0 Å².